The zero-order valence-electron chi connectivity index (χ0n) is 20.0. The smallest absolute Gasteiger partial charge is 0.407 e. The molecule has 1 saturated heterocycles. The summed E-state index contributed by atoms with van der Waals surface area (Å²) in [6.45, 7) is 7.07. The van der Waals surface area contributed by atoms with Crippen molar-refractivity contribution in [3.05, 3.63) is 47.5 Å². The van der Waals surface area contributed by atoms with Gasteiger partial charge in [-0.3, -0.25) is 0 Å². The molecular formula is C26H31NO7. The molecule has 3 aliphatic rings. The normalized spacial score (nSPS) is 21.6. The third kappa shape index (κ3) is 3.60. The lowest BCUT2D eigenvalue weighted by atomic mass is 9.67. The quantitative estimate of drug-likeness (QED) is 0.686. The van der Waals surface area contributed by atoms with Gasteiger partial charge in [0.2, 0.25) is 13.6 Å². The summed E-state index contributed by atoms with van der Waals surface area (Å²) >= 11 is 0. The fourth-order valence-corrected chi connectivity index (χ4v) is 5.68. The number of nitrogens with zero attached hydrogens (tertiary/aromatic N) is 1. The van der Waals surface area contributed by atoms with Crippen LogP contribution in [0.15, 0.2) is 36.4 Å². The van der Waals surface area contributed by atoms with Gasteiger partial charge in [0.15, 0.2) is 23.0 Å². The van der Waals surface area contributed by atoms with Crippen molar-refractivity contribution in [3.8, 4) is 23.0 Å². The maximum atomic E-state index is 12.1. The van der Waals surface area contributed by atoms with E-state index >= 15 is 0 Å². The summed E-state index contributed by atoms with van der Waals surface area (Å²) in [4.78, 5) is 13.6. The van der Waals surface area contributed by atoms with Crippen LogP contribution in [0.3, 0.4) is 0 Å². The number of carbonyl (C=O) groups is 1. The predicted octanol–water partition coefficient (Wildman–Crippen LogP) is 4.84. The molecule has 182 valence electrons. The number of hydrogen-bond donors (Lipinski definition) is 1. The molecule has 0 bridgehead atoms. The van der Waals surface area contributed by atoms with Crippen molar-refractivity contribution in [1.29, 1.82) is 0 Å². The summed E-state index contributed by atoms with van der Waals surface area (Å²) < 4.78 is 28.9. The molecule has 0 saturated carbocycles. The average Bonchev–Trinajstić information content (AvgIpc) is 3.48. The van der Waals surface area contributed by atoms with Gasteiger partial charge in [0.25, 0.3) is 0 Å². The standard InChI is InChI=1S/C26H31NO7/c1-25(2,3)23-13-18(9-10-27(23)24(28)29)26(30-4,16-5-7-19-21(11-16)33-14-31-19)17-6-8-20-22(12-17)34-15-32-20/h5-8,11-12,18,23H,9-10,13-15H2,1-4H3,(H,28,29). The lowest BCUT2D eigenvalue weighted by molar-refractivity contribution is -0.0709. The van der Waals surface area contributed by atoms with Gasteiger partial charge in [0.05, 0.1) is 0 Å². The van der Waals surface area contributed by atoms with Crippen molar-refractivity contribution >= 4 is 6.09 Å². The average molecular weight is 470 g/mol. The number of carboxylic acid groups (broad SMARTS) is 1. The molecule has 0 spiro atoms. The van der Waals surface area contributed by atoms with E-state index in [2.05, 4.69) is 20.8 Å². The fourth-order valence-electron chi connectivity index (χ4n) is 5.68. The largest absolute Gasteiger partial charge is 0.465 e. The van der Waals surface area contributed by atoms with Crippen LogP contribution in [0.25, 0.3) is 0 Å². The van der Waals surface area contributed by atoms with Gasteiger partial charge in [0, 0.05) is 25.6 Å². The summed E-state index contributed by atoms with van der Waals surface area (Å²) in [7, 11) is 1.71. The highest BCUT2D eigenvalue weighted by Gasteiger charge is 2.49. The van der Waals surface area contributed by atoms with Crippen LogP contribution in [-0.2, 0) is 10.3 Å². The minimum atomic E-state index is -0.882. The Balaban J connectivity index is 1.64. The molecule has 0 aromatic heterocycles. The van der Waals surface area contributed by atoms with Crippen LogP contribution in [0.2, 0.25) is 0 Å². The van der Waals surface area contributed by atoms with Crippen LogP contribution in [0.4, 0.5) is 4.79 Å². The van der Waals surface area contributed by atoms with Crippen LogP contribution in [-0.4, -0.2) is 49.4 Å². The molecule has 0 aliphatic carbocycles. The second kappa shape index (κ2) is 8.27. The first-order chi connectivity index (χ1) is 16.2. The molecule has 3 aliphatic heterocycles. The predicted molar refractivity (Wildman–Crippen MR) is 124 cm³/mol. The first kappa shape index (κ1) is 22.7. The minimum absolute atomic E-state index is 0.00179. The van der Waals surface area contributed by atoms with E-state index in [1.165, 1.54) is 0 Å². The second-order valence-corrected chi connectivity index (χ2v) is 10.2. The van der Waals surface area contributed by atoms with Gasteiger partial charge in [-0.2, -0.15) is 0 Å². The third-order valence-electron chi connectivity index (χ3n) is 7.35. The van der Waals surface area contributed by atoms with Gasteiger partial charge in [-0.1, -0.05) is 32.9 Å². The van der Waals surface area contributed by atoms with E-state index < -0.39 is 11.7 Å². The lowest BCUT2D eigenvalue weighted by Gasteiger charge is -2.50. The Bertz CT molecular complexity index is 1040. The first-order valence-corrected chi connectivity index (χ1v) is 11.6. The third-order valence-corrected chi connectivity index (χ3v) is 7.35. The Hall–Kier alpha value is -3.13. The summed E-state index contributed by atoms with van der Waals surface area (Å²) in [6, 6.07) is 11.6. The number of amides is 1. The molecule has 1 N–H and O–H groups in total. The van der Waals surface area contributed by atoms with Crippen LogP contribution in [0.1, 0.15) is 44.7 Å². The van der Waals surface area contributed by atoms with Gasteiger partial charge in [0.1, 0.15) is 5.60 Å². The molecule has 5 rings (SSSR count). The number of methoxy groups -OCH3 is 1. The van der Waals surface area contributed by atoms with Gasteiger partial charge in [-0.05, 0) is 53.6 Å². The van der Waals surface area contributed by atoms with Crippen molar-refractivity contribution in [2.45, 2.75) is 45.3 Å². The molecule has 8 nitrogen and oxygen atoms in total. The van der Waals surface area contributed by atoms with Crippen molar-refractivity contribution in [2.24, 2.45) is 11.3 Å². The fraction of sp³-hybridized carbons (Fsp3) is 0.500. The maximum absolute atomic E-state index is 12.1. The molecule has 8 heteroatoms. The molecule has 0 radical (unpaired) electrons. The summed E-state index contributed by atoms with van der Waals surface area (Å²) in [6.07, 6.45) is 0.412. The summed E-state index contributed by atoms with van der Waals surface area (Å²) in [5, 5.41) is 9.90. The Kier molecular flexibility index (Phi) is 5.51. The molecule has 2 atom stereocenters. The zero-order valence-corrected chi connectivity index (χ0v) is 20.0. The number of fused-ring (bicyclic) bond motifs is 2. The van der Waals surface area contributed by atoms with Crippen molar-refractivity contribution < 1.29 is 33.6 Å². The molecule has 2 aromatic rings. The molecular weight excluding hydrogens is 438 g/mol. The zero-order chi connectivity index (χ0) is 24.1. The maximum Gasteiger partial charge on any atom is 0.407 e. The van der Waals surface area contributed by atoms with E-state index in [1.54, 1.807) is 12.0 Å². The summed E-state index contributed by atoms with van der Waals surface area (Å²) in [5.74, 6) is 2.75. The monoisotopic (exact) mass is 469 g/mol. The van der Waals surface area contributed by atoms with E-state index in [1.807, 2.05) is 36.4 Å². The SMILES string of the molecule is COC(c1ccc2c(c1)OCO2)(c1ccc2c(c1)OCO2)C1CCN(C(=O)O)C(C(C)(C)C)C1. The highest BCUT2D eigenvalue weighted by molar-refractivity contribution is 5.66. The number of hydrogen-bond acceptors (Lipinski definition) is 6. The van der Waals surface area contributed by atoms with E-state index in [4.69, 9.17) is 23.7 Å². The number of rotatable bonds is 4. The lowest BCUT2D eigenvalue weighted by Crippen LogP contribution is -2.55. The topological polar surface area (TPSA) is 86.7 Å². The van der Waals surface area contributed by atoms with Gasteiger partial charge in [-0.15, -0.1) is 0 Å². The van der Waals surface area contributed by atoms with E-state index in [0.717, 1.165) is 11.1 Å². The van der Waals surface area contributed by atoms with Crippen LogP contribution >= 0.6 is 0 Å². The molecule has 1 fully saturated rings. The molecule has 2 aromatic carbocycles. The van der Waals surface area contributed by atoms with Gasteiger partial charge >= 0.3 is 6.09 Å². The van der Waals surface area contributed by atoms with Crippen molar-refractivity contribution in [3.63, 3.8) is 0 Å². The van der Waals surface area contributed by atoms with Crippen molar-refractivity contribution in [1.82, 2.24) is 4.90 Å². The van der Waals surface area contributed by atoms with E-state index in [9.17, 15) is 9.90 Å². The Morgan fingerprint density at radius 2 is 1.47 bits per heavy atom. The van der Waals surface area contributed by atoms with E-state index in [-0.39, 0.29) is 31.0 Å². The summed E-state index contributed by atoms with van der Waals surface area (Å²) in [5.41, 5.74) is 0.773. The molecule has 2 unspecified atom stereocenters. The minimum Gasteiger partial charge on any atom is -0.465 e. The Labute approximate surface area is 199 Å². The van der Waals surface area contributed by atoms with E-state index in [0.29, 0.717) is 42.4 Å². The second-order valence-electron chi connectivity index (χ2n) is 10.2. The molecule has 1 amide bonds. The van der Waals surface area contributed by atoms with Gasteiger partial charge in [-0.25, -0.2) is 4.79 Å². The van der Waals surface area contributed by atoms with Crippen molar-refractivity contribution in [2.75, 3.05) is 27.2 Å². The van der Waals surface area contributed by atoms with Gasteiger partial charge < -0.3 is 33.7 Å². The number of ether oxygens (including phenoxy) is 5. The Morgan fingerprint density at radius 3 is 1.94 bits per heavy atom. The highest BCUT2D eigenvalue weighted by Crippen LogP contribution is 2.51. The number of benzene rings is 2. The molecule has 3 heterocycles. The Morgan fingerprint density at radius 1 is 0.941 bits per heavy atom. The number of piperidine rings is 1. The van der Waals surface area contributed by atoms with Crippen LogP contribution in [0, 0.1) is 11.3 Å². The first-order valence-electron chi connectivity index (χ1n) is 11.6. The van der Waals surface area contributed by atoms with Crippen LogP contribution < -0.4 is 18.9 Å². The highest BCUT2D eigenvalue weighted by atomic mass is 16.7. The molecule has 34 heavy (non-hydrogen) atoms. The number of likely N-dealkylation sites (tertiary alicyclic amines) is 1. The van der Waals surface area contributed by atoms with Crippen LogP contribution in [0.5, 0.6) is 23.0 Å².